The first-order chi connectivity index (χ1) is 9.10. The largest absolute Gasteiger partial charge is 0.368 e. The number of hydrogen-bond acceptors (Lipinski definition) is 3. The maximum absolute atomic E-state index is 14.2. The van der Waals surface area contributed by atoms with Gasteiger partial charge in [-0.3, -0.25) is 0 Å². The number of anilines is 1. The van der Waals surface area contributed by atoms with E-state index in [-0.39, 0.29) is 5.82 Å². The van der Waals surface area contributed by atoms with Crippen molar-refractivity contribution in [2.45, 2.75) is 19.9 Å². The smallest absolute Gasteiger partial charge is 0.146 e. The monoisotopic (exact) mass is 267 g/mol. The van der Waals surface area contributed by atoms with Crippen molar-refractivity contribution < 1.29 is 4.39 Å². The molecular weight excluding hydrogens is 241 g/mol. The Kier molecular flexibility index (Phi) is 6.81. The van der Waals surface area contributed by atoms with Crippen molar-refractivity contribution in [3.63, 3.8) is 0 Å². The molecule has 0 bridgehead atoms. The summed E-state index contributed by atoms with van der Waals surface area (Å²) < 4.78 is 14.2. The third kappa shape index (κ3) is 4.80. The summed E-state index contributed by atoms with van der Waals surface area (Å²) in [6.07, 6.45) is 1.01. The molecule has 0 aliphatic carbocycles. The molecule has 1 N–H and O–H groups in total. The molecule has 1 aromatic rings. The normalized spacial score (nSPS) is 11.1. The lowest BCUT2D eigenvalue weighted by molar-refractivity contribution is 0.411. The van der Waals surface area contributed by atoms with E-state index < -0.39 is 0 Å². The van der Waals surface area contributed by atoms with Crippen molar-refractivity contribution in [3.8, 4) is 0 Å². The molecule has 0 unspecified atom stereocenters. The molecule has 0 aliphatic rings. The van der Waals surface area contributed by atoms with Crippen LogP contribution in [-0.2, 0) is 6.54 Å². The molecular formula is C15H26FN3. The van der Waals surface area contributed by atoms with Crippen molar-refractivity contribution in [2.24, 2.45) is 0 Å². The highest BCUT2D eigenvalue weighted by Gasteiger charge is 2.15. The van der Waals surface area contributed by atoms with Gasteiger partial charge in [0, 0.05) is 26.2 Å². The summed E-state index contributed by atoms with van der Waals surface area (Å²) in [6, 6.07) is 5.32. The lowest BCUT2D eigenvalue weighted by Gasteiger charge is -2.28. The van der Waals surface area contributed by atoms with Crippen molar-refractivity contribution in [1.29, 1.82) is 0 Å². The van der Waals surface area contributed by atoms with Gasteiger partial charge >= 0.3 is 0 Å². The number of likely N-dealkylation sites (N-methyl/N-ethyl adjacent to an activating group) is 1. The second kappa shape index (κ2) is 8.12. The third-order valence-corrected chi connectivity index (χ3v) is 3.06. The van der Waals surface area contributed by atoms with E-state index in [9.17, 15) is 4.39 Å². The number of rotatable bonds is 8. The minimum absolute atomic E-state index is 0.125. The lowest BCUT2D eigenvalue weighted by atomic mass is 10.1. The van der Waals surface area contributed by atoms with E-state index in [1.54, 1.807) is 12.1 Å². The SMILES string of the molecule is CCCN(CCN(C)C)c1c(F)cccc1CNC. The number of hydrogen-bond donors (Lipinski definition) is 1. The van der Waals surface area contributed by atoms with Crippen molar-refractivity contribution >= 4 is 5.69 Å². The molecule has 0 atom stereocenters. The Hall–Kier alpha value is -1.13. The molecule has 0 heterocycles. The van der Waals surface area contributed by atoms with Gasteiger partial charge in [0.2, 0.25) is 0 Å². The summed E-state index contributed by atoms with van der Waals surface area (Å²) in [5.41, 5.74) is 1.77. The van der Waals surface area contributed by atoms with Crippen LogP contribution in [0, 0.1) is 5.82 Å². The highest BCUT2D eigenvalue weighted by atomic mass is 19.1. The first-order valence-corrected chi connectivity index (χ1v) is 6.91. The summed E-state index contributed by atoms with van der Waals surface area (Å²) in [4.78, 5) is 4.28. The predicted molar refractivity (Wildman–Crippen MR) is 80.2 cm³/mol. The third-order valence-electron chi connectivity index (χ3n) is 3.06. The first-order valence-electron chi connectivity index (χ1n) is 6.91. The quantitative estimate of drug-likeness (QED) is 0.780. The highest BCUT2D eigenvalue weighted by molar-refractivity contribution is 5.55. The molecule has 0 amide bonds. The second-order valence-electron chi connectivity index (χ2n) is 5.07. The maximum Gasteiger partial charge on any atom is 0.146 e. The average molecular weight is 267 g/mol. The molecule has 4 heteroatoms. The fraction of sp³-hybridized carbons (Fsp3) is 0.600. The average Bonchev–Trinajstić information content (AvgIpc) is 2.36. The van der Waals surface area contributed by atoms with Crippen LogP contribution in [0.4, 0.5) is 10.1 Å². The second-order valence-corrected chi connectivity index (χ2v) is 5.07. The van der Waals surface area contributed by atoms with E-state index in [1.165, 1.54) is 0 Å². The van der Waals surface area contributed by atoms with E-state index >= 15 is 0 Å². The number of para-hydroxylation sites is 1. The van der Waals surface area contributed by atoms with Gasteiger partial charge in [0.1, 0.15) is 5.82 Å². The molecule has 0 saturated carbocycles. The van der Waals surface area contributed by atoms with Crippen LogP contribution in [0.15, 0.2) is 18.2 Å². The van der Waals surface area contributed by atoms with E-state index in [1.807, 2.05) is 27.2 Å². The van der Waals surface area contributed by atoms with Gasteiger partial charge < -0.3 is 15.1 Å². The van der Waals surface area contributed by atoms with Crippen LogP contribution in [-0.4, -0.2) is 45.7 Å². The lowest BCUT2D eigenvalue weighted by Crippen LogP contribution is -2.34. The molecule has 0 saturated heterocycles. The summed E-state index contributed by atoms with van der Waals surface area (Å²) >= 11 is 0. The van der Waals surface area contributed by atoms with Crippen LogP contribution in [0.5, 0.6) is 0 Å². The zero-order valence-electron chi connectivity index (χ0n) is 12.5. The summed E-state index contributed by atoms with van der Waals surface area (Å²) in [5.74, 6) is -0.125. The van der Waals surface area contributed by atoms with E-state index in [2.05, 4.69) is 22.0 Å². The zero-order valence-corrected chi connectivity index (χ0v) is 12.5. The fourth-order valence-electron chi connectivity index (χ4n) is 2.17. The fourth-order valence-corrected chi connectivity index (χ4v) is 2.17. The van der Waals surface area contributed by atoms with Crippen LogP contribution in [0.25, 0.3) is 0 Å². The molecule has 3 nitrogen and oxygen atoms in total. The summed E-state index contributed by atoms with van der Waals surface area (Å²) in [6.45, 7) is 5.47. The number of halogens is 1. The Morgan fingerprint density at radius 2 is 1.89 bits per heavy atom. The zero-order chi connectivity index (χ0) is 14.3. The molecule has 0 spiro atoms. The van der Waals surface area contributed by atoms with Crippen LogP contribution in [0.2, 0.25) is 0 Å². The minimum atomic E-state index is -0.125. The molecule has 1 aromatic carbocycles. The molecule has 1 rings (SSSR count). The van der Waals surface area contributed by atoms with Gasteiger partial charge in [-0.2, -0.15) is 0 Å². The van der Waals surface area contributed by atoms with Gasteiger partial charge in [0.25, 0.3) is 0 Å². The molecule has 108 valence electrons. The Morgan fingerprint density at radius 1 is 1.16 bits per heavy atom. The topological polar surface area (TPSA) is 18.5 Å². The van der Waals surface area contributed by atoms with Gasteiger partial charge in [-0.15, -0.1) is 0 Å². The standard InChI is InChI=1S/C15H26FN3/c1-5-9-19(11-10-18(3)4)15-13(12-17-2)7-6-8-14(15)16/h6-8,17H,5,9-12H2,1-4H3. The molecule has 19 heavy (non-hydrogen) atoms. The highest BCUT2D eigenvalue weighted by Crippen LogP contribution is 2.24. The molecule has 0 radical (unpaired) electrons. The van der Waals surface area contributed by atoms with Crippen LogP contribution >= 0.6 is 0 Å². The Morgan fingerprint density at radius 3 is 2.47 bits per heavy atom. The van der Waals surface area contributed by atoms with Crippen molar-refractivity contribution in [3.05, 3.63) is 29.6 Å². The van der Waals surface area contributed by atoms with Crippen LogP contribution in [0.1, 0.15) is 18.9 Å². The molecule has 0 aliphatic heterocycles. The summed E-state index contributed by atoms with van der Waals surface area (Å²) in [7, 11) is 5.97. The van der Waals surface area contributed by atoms with Crippen LogP contribution in [0.3, 0.4) is 0 Å². The first kappa shape index (κ1) is 15.9. The Balaban J connectivity index is 2.98. The predicted octanol–water partition coefficient (Wildman–Crippen LogP) is 2.32. The Bertz CT molecular complexity index is 380. The molecule has 0 fully saturated rings. The van der Waals surface area contributed by atoms with Crippen molar-refractivity contribution in [1.82, 2.24) is 10.2 Å². The van der Waals surface area contributed by atoms with Gasteiger partial charge in [-0.1, -0.05) is 19.1 Å². The van der Waals surface area contributed by atoms with Gasteiger partial charge in [-0.05, 0) is 39.2 Å². The number of nitrogens with zero attached hydrogens (tertiary/aromatic N) is 2. The van der Waals surface area contributed by atoms with Gasteiger partial charge in [-0.25, -0.2) is 4.39 Å². The van der Waals surface area contributed by atoms with E-state index in [0.717, 1.165) is 37.3 Å². The minimum Gasteiger partial charge on any atom is -0.368 e. The van der Waals surface area contributed by atoms with Crippen molar-refractivity contribution in [2.75, 3.05) is 45.7 Å². The van der Waals surface area contributed by atoms with E-state index in [0.29, 0.717) is 6.54 Å². The molecule has 0 aromatic heterocycles. The Labute approximate surface area is 116 Å². The van der Waals surface area contributed by atoms with Gasteiger partial charge in [0.15, 0.2) is 0 Å². The maximum atomic E-state index is 14.2. The van der Waals surface area contributed by atoms with E-state index in [4.69, 9.17) is 0 Å². The summed E-state index contributed by atoms with van der Waals surface area (Å²) in [5, 5.41) is 3.11. The van der Waals surface area contributed by atoms with Crippen LogP contribution < -0.4 is 10.2 Å². The number of benzene rings is 1. The van der Waals surface area contributed by atoms with Gasteiger partial charge in [0.05, 0.1) is 5.69 Å². The number of nitrogens with one attached hydrogen (secondary N) is 1.